The highest BCUT2D eigenvalue weighted by molar-refractivity contribution is 8.00. The van der Waals surface area contributed by atoms with E-state index < -0.39 is 0 Å². The summed E-state index contributed by atoms with van der Waals surface area (Å²) in [5.41, 5.74) is 0. The lowest BCUT2D eigenvalue weighted by Gasteiger charge is -2.06. The van der Waals surface area contributed by atoms with E-state index in [1.165, 1.54) is 0 Å². The molecule has 0 aromatic rings. The minimum atomic E-state index is 0. The molecule has 5 N–H and O–H groups in total. The van der Waals surface area contributed by atoms with Crippen LogP contribution in [-0.4, -0.2) is 22.9 Å². The summed E-state index contributed by atoms with van der Waals surface area (Å²) in [4.78, 5) is 0. The maximum Gasteiger partial charge on any atom is 0.0222 e. The van der Waals surface area contributed by atoms with E-state index in [0.29, 0.717) is 4.32 Å². The molecule has 0 rings (SSSR count). The Balaban J connectivity index is 0. The van der Waals surface area contributed by atoms with E-state index in [1.54, 1.807) is 11.8 Å². The molecule has 5 heteroatoms. The third-order valence-electron chi connectivity index (χ3n) is 0.576. The molecule has 0 aromatic carbocycles. The van der Waals surface area contributed by atoms with Crippen LogP contribution in [0.15, 0.2) is 0 Å². The molecule has 0 saturated heterocycles. The van der Waals surface area contributed by atoms with E-state index in [1.807, 2.05) is 6.26 Å². The van der Waals surface area contributed by atoms with Gasteiger partial charge in [0.05, 0.1) is 0 Å². The van der Waals surface area contributed by atoms with E-state index in [9.17, 15) is 0 Å². The van der Waals surface area contributed by atoms with E-state index in [4.69, 9.17) is 0 Å². The lowest BCUT2D eigenvalue weighted by Crippen LogP contribution is -2.21. The predicted molar refractivity (Wildman–Crippen MR) is 52.3 cm³/mol. The number of hydrogen-bond donors (Lipinski definition) is 2. The molecule has 0 bridgehead atoms. The molecule has 0 radical (unpaired) electrons. The first kappa shape index (κ1) is 12.1. The lowest BCUT2D eigenvalue weighted by molar-refractivity contribution is 1.01. The van der Waals surface area contributed by atoms with Gasteiger partial charge in [-0.15, -0.1) is 0 Å². The van der Waals surface area contributed by atoms with Crippen molar-refractivity contribution in [2.75, 3.05) is 18.6 Å². The highest BCUT2D eigenvalue weighted by Crippen LogP contribution is 1.86. The van der Waals surface area contributed by atoms with Crippen LogP contribution in [0.3, 0.4) is 0 Å². The van der Waals surface area contributed by atoms with Gasteiger partial charge in [-0.05, 0) is 6.26 Å². The SMILES string of the molecule is CSCCNC(=S)[S-].[NH4+]. The summed E-state index contributed by atoms with van der Waals surface area (Å²) in [6.07, 6.45) is 2.05. The predicted octanol–water partition coefficient (Wildman–Crippen LogP) is 1.15. The van der Waals surface area contributed by atoms with Crippen molar-refractivity contribution >= 4 is 40.9 Å². The van der Waals surface area contributed by atoms with Crippen LogP contribution in [0.4, 0.5) is 0 Å². The molecular formula is C4H12N2S3. The van der Waals surface area contributed by atoms with Crippen molar-refractivity contribution in [3.05, 3.63) is 0 Å². The van der Waals surface area contributed by atoms with Gasteiger partial charge >= 0.3 is 0 Å². The lowest BCUT2D eigenvalue weighted by atomic mass is 10.8. The normalized spacial score (nSPS) is 7.67. The second-order valence-corrected chi connectivity index (χ2v) is 3.27. The molecule has 9 heavy (non-hydrogen) atoms. The Morgan fingerprint density at radius 2 is 2.33 bits per heavy atom. The molecule has 0 aromatic heterocycles. The highest BCUT2D eigenvalue weighted by Gasteiger charge is 1.77. The van der Waals surface area contributed by atoms with Crippen LogP contribution in [0.2, 0.25) is 0 Å². The Kier molecular flexibility index (Phi) is 11.3. The van der Waals surface area contributed by atoms with E-state index in [0.717, 1.165) is 12.3 Å². The largest absolute Gasteiger partial charge is 0.412 e. The molecule has 0 unspecified atom stereocenters. The molecule has 0 aliphatic rings. The monoisotopic (exact) mass is 184 g/mol. The molecular weight excluding hydrogens is 172 g/mol. The average Bonchev–Trinajstić information content (AvgIpc) is 1.66. The van der Waals surface area contributed by atoms with Gasteiger partial charge in [-0.3, -0.25) is 0 Å². The fourth-order valence-electron chi connectivity index (χ4n) is 0.255. The molecule has 0 spiro atoms. The quantitative estimate of drug-likeness (QED) is 0.392. The highest BCUT2D eigenvalue weighted by atomic mass is 32.2. The van der Waals surface area contributed by atoms with Gasteiger partial charge in [0.25, 0.3) is 0 Å². The average molecular weight is 184 g/mol. The van der Waals surface area contributed by atoms with Gasteiger partial charge in [-0.1, -0.05) is 4.32 Å². The number of hydrogen-bond acceptors (Lipinski definition) is 3. The Morgan fingerprint density at radius 1 is 1.78 bits per heavy atom. The summed E-state index contributed by atoms with van der Waals surface area (Å²) in [6.45, 7) is 0.892. The molecule has 0 amide bonds. The minimum Gasteiger partial charge on any atom is -0.412 e. The Bertz CT molecular complexity index is 76.2. The van der Waals surface area contributed by atoms with Gasteiger partial charge in [-0.2, -0.15) is 11.8 Å². The Labute approximate surface area is 71.2 Å². The van der Waals surface area contributed by atoms with Gasteiger partial charge in [0.2, 0.25) is 0 Å². The third kappa shape index (κ3) is 11.8. The summed E-state index contributed by atoms with van der Waals surface area (Å²) in [7, 11) is 0. The minimum absolute atomic E-state index is 0. The van der Waals surface area contributed by atoms with Crippen LogP contribution in [-0.2, 0) is 12.6 Å². The third-order valence-corrected chi connectivity index (χ3v) is 1.48. The van der Waals surface area contributed by atoms with Gasteiger partial charge in [0.15, 0.2) is 0 Å². The smallest absolute Gasteiger partial charge is 0.0222 e. The zero-order valence-corrected chi connectivity index (χ0v) is 8.09. The molecule has 0 aliphatic heterocycles. The van der Waals surface area contributed by atoms with Gasteiger partial charge < -0.3 is 36.3 Å². The number of rotatable bonds is 3. The van der Waals surface area contributed by atoms with Crippen molar-refractivity contribution in [2.24, 2.45) is 0 Å². The van der Waals surface area contributed by atoms with Crippen molar-refractivity contribution in [3.63, 3.8) is 0 Å². The molecule has 0 saturated carbocycles. The maximum atomic E-state index is 4.60. The first-order valence-electron chi connectivity index (χ1n) is 2.21. The summed E-state index contributed by atoms with van der Waals surface area (Å²) >= 11 is 11.0. The van der Waals surface area contributed by atoms with E-state index >= 15 is 0 Å². The van der Waals surface area contributed by atoms with Crippen LogP contribution in [0, 0.1) is 0 Å². The van der Waals surface area contributed by atoms with Crippen LogP contribution in [0.5, 0.6) is 0 Å². The van der Waals surface area contributed by atoms with Crippen LogP contribution in [0.25, 0.3) is 0 Å². The standard InChI is InChI=1S/C4H9NS3.H3N/c1-8-3-2-5-4(6)7;/h2-3H2,1H3,(H2,5,6,7);1H3. The molecule has 0 fully saturated rings. The van der Waals surface area contributed by atoms with Gasteiger partial charge in [0.1, 0.15) is 0 Å². The van der Waals surface area contributed by atoms with Crippen LogP contribution < -0.4 is 11.5 Å². The number of thiocarbonyl (C=S) groups is 1. The van der Waals surface area contributed by atoms with Crippen molar-refractivity contribution < 1.29 is 0 Å². The zero-order valence-electron chi connectivity index (χ0n) is 5.64. The fourth-order valence-corrected chi connectivity index (χ4v) is 0.765. The number of thioether (sulfide) groups is 1. The second kappa shape index (κ2) is 8.42. The maximum absolute atomic E-state index is 4.60. The number of quaternary nitrogens is 1. The topological polar surface area (TPSA) is 48.5 Å². The van der Waals surface area contributed by atoms with Gasteiger partial charge in [-0.25, -0.2) is 0 Å². The Hall–Kier alpha value is 0.420. The van der Waals surface area contributed by atoms with Crippen molar-refractivity contribution in [1.29, 1.82) is 0 Å². The first-order chi connectivity index (χ1) is 3.77. The van der Waals surface area contributed by atoms with Crippen LogP contribution >= 0.6 is 24.0 Å². The molecule has 0 atom stereocenters. The summed E-state index contributed by atoms with van der Waals surface area (Å²) in [5.74, 6) is 1.07. The number of nitrogens with one attached hydrogen (secondary N) is 1. The molecule has 56 valence electrons. The Morgan fingerprint density at radius 3 is 2.67 bits per heavy atom. The van der Waals surface area contributed by atoms with Crippen molar-refractivity contribution in [3.8, 4) is 0 Å². The van der Waals surface area contributed by atoms with E-state index in [2.05, 4.69) is 30.2 Å². The molecule has 2 nitrogen and oxygen atoms in total. The second-order valence-electron chi connectivity index (χ2n) is 1.21. The van der Waals surface area contributed by atoms with Crippen molar-refractivity contribution in [2.45, 2.75) is 0 Å². The molecule has 0 aliphatic carbocycles. The fraction of sp³-hybridized carbons (Fsp3) is 0.750. The van der Waals surface area contributed by atoms with Crippen LogP contribution in [0.1, 0.15) is 0 Å². The zero-order chi connectivity index (χ0) is 6.41. The van der Waals surface area contributed by atoms with E-state index in [-0.39, 0.29) is 6.15 Å². The summed E-state index contributed by atoms with van der Waals surface area (Å²) in [5, 5.41) is 2.87. The summed E-state index contributed by atoms with van der Waals surface area (Å²) in [6, 6.07) is 0. The van der Waals surface area contributed by atoms with Gasteiger partial charge in [0, 0.05) is 12.3 Å². The summed E-state index contributed by atoms with van der Waals surface area (Å²) < 4.78 is 0.471. The first-order valence-corrected chi connectivity index (χ1v) is 4.42. The van der Waals surface area contributed by atoms with Crippen molar-refractivity contribution in [1.82, 2.24) is 11.5 Å². The molecule has 0 heterocycles.